The minimum atomic E-state index is 0.564. The van der Waals surface area contributed by atoms with Gasteiger partial charge in [-0.15, -0.1) is 0 Å². The van der Waals surface area contributed by atoms with E-state index in [2.05, 4.69) is 27.6 Å². The van der Waals surface area contributed by atoms with Crippen molar-refractivity contribution in [3.8, 4) is 0 Å². The van der Waals surface area contributed by atoms with E-state index in [4.69, 9.17) is 0 Å². The standard InChI is InChI=1S/C9H18N/c1-5-8-10(3,4)9(2)6-7-9/h5H,1,6-8H2,2-4H3/q+1. The summed E-state index contributed by atoms with van der Waals surface area (Å²) < 4.78 is 1.11. The lowest BCUT2D eigenvalue weighted by Crippen LogP contribution is -2.49. The van der Waals surface area contributed by atoms with Gasteiger partial charge >= 0.3 is 0 Å². The second kappa shape index (κ2) is 2.09. The van der Waals surface area contributed by atoms with Crippen LogP contribution in [0.4, 0.5) is 0 Å². The Morgan fingerprint density at radius 2 is 2.00 bits per heavy atom. The molecule has 0 radical (unpaired) electrons. The minimum absolute atomic E-state index is 0.564. The van der Waals surface area contributed by atoms with Crippen molar-refractivity contribution in [1.82, 2.24) is 0 Å². The van der Waals surface area contributed by atoms with Gasteiger partial charge in [0.1, 0.15) is 0 Å². The summed E-state index contributed by atoms with van der Waals surface area (Å²) in [4.78, 5) is 0. The van der Waals surface area contributed by atoms with Crippen molar-refractivity contribution >= 4 is 0 Å². The van der Waals surface area contributed by atoms with Crippen LogP contribution in [0.5, 0.6) is 0 Å². The van der Waals surface area contributed by atoms with Crippen LogP contribution in [0.25, 0.3) is 0 Å². The summed E-state index contributed by atoms with van der Waals surface area (Å²) in [6.07, 6.45) is 4.78. The number of nitrogens with zero attached hydrogens (tertiary/aromatic N) is 1. The van der Waals surface area contributed by atoms with Crippen molar-refractivity contribution in [3.63, 3.8) is 0 Å². The maximum absolute atomic E-state index is 3.77. The Hall–Kier alpha value is -0.300. The molecule has 0 N–H and O–H groups in total. The first-order valence-corrected chi connectivity index (χ1v) is 3.96. The highest BCUT2D eigenvalue weighted by Gasteiger charge is 2.51. The largest absolute Gasteiger partial charge is 0.321 e. The number of hydrogen-bond acceptors (Lipinski definition) is 0. The minimum Gasteiger partial charge on any atom is -0.321 e. The van der Waals surface area contributed by atoms with Crippen molar-refractivity contribution in [2.75, 3.05) is 20.6 Å². The molecule has 1 rings (SSSR count). The third-order valence-corrected chi connectivity index (χ3v) is 3.02. The van der Waals surface area contributed by atoms with E-state index in [-0.39, 0.29) is 0 Å². The topological polar surface area (TPSA) is 0 Å². The molecule has 1 aliphatic rings. The Morgan fingerprint density at radius 1 is 1.50 bits per heavy atom. The second-order valence-corrected chi connectivity index (χ2v) is 4.15. The maximum atomic E-state index is 3.77. The zero-order valence-corrected chi connectivity index (χ0v) is 7.35. The SMILES string of the molecule is C=CC[N+](C)(C)C1(C)CC1. The highest BCUT2D eigenvalue weighted by Crippen LogP contribution is 2.44. The average molecular weight is 140 g/mol. The Kier molecular flexibility index (Phi) is 1.63. The van der Waals surface area contributed by atoms with Crippen LogP contribution >= 0.6 is 0 Å². The summed E-state index contributed by atoms with van der Waals surface area (Å²) in [5, 5.41) is 0. The van der Waals surface area contributed by atoms with Gasteiger partial charge < -0.3 is 4.48 Å². The molecule has 1 fully saturated rings. The van der Waals surface area contributed by atoms with E-state index >= 15 is 0 Å². The van der Waals surface area contributed by atoms with E-state index in [1.165, 1.54) is 12.8 Å². The molecule has 1 aliphatic carbocycles. The van der Waals surface area contributed by atoms with Crippen LogP contribution in [0, 0.1) is 0 Å². The van der Waals surface area contributed by atoms with Crippen LogP contribution < -0.4 is 0 Å². The lowest BCUT2D eigenvalue weighted by molar-refractivity contribution is -0.918. The molecule has 0 atom stereocenters. The molecule has 10 heavy (non-hydrogen) atoms. The lowest BCUT2D eigenvalue weighted by atomic mass is 10.2. The van der Waals surface area contributed by atoms with Crippen LogP contribution in [0.15, 0.2) is 12.7 Å². The van der Waals surface area contributed by atoms with E-state index < -0.39 is 0 Å². The van der Waals surface area contributed by atoms with E-state index in [0.29, 0.717) is 5.54 Å². The summed E-state index contributed by atoms with van der Waals surface area (Å²) in [5.74, 6) is 0. The molecule has 1 heteroatoms. The van der Waals surface area contributed by atoms with Crippen LogP contribution in [0.3, 0.4) is 0 Å². The molecule has 1 nitrogen and oxygen atoms in total. The summed E-state index contributed by atoms with van der Waals surface area (Å²) >= 11 is 0. The Labute approximate surface area is 63.9 Å². The zero-order chi connectivity index (χ0) is 7.83. The predicted molar refractivity (Wildman–Crippen MR) is 44.8 cm³/mol. The highest BCUT2D eigenvalue weighted by atomic mass is 15.4. The van der Waals surface area contributed by atoms with Crippen LogP contribution in [0.2, 0.25) is 0 Å². The Bertz CT molecular complexity index is 143. The van der Waals surface area contributed by atoms with Gasteiger partial charge in [-0.25, -0.2) is 0 Å². The van der Waals surface area contributed by atoms with Gasteiger partial charge in [0.25, 0.3) is 0 Å². The molecule has 0 bridgehead atoms. The van der Waals surface area contributed by atoms with Gasteiger partial charge in [0, 0.05) is 12.8 Å². The van der Waals surface area contributed by atoms with E-state index in [0.717, 1.165) is 11.0 Å². The normalized spacial score (nSPS) is 22.3. The van der Waals surface area contributed by atoms with Crippen molar-refractivity contribution in [2.24, 2.45) is 0 Å². The van der Waals surface area contributed by atoms with Gasteiger partial charge in [0.05, 0.1) is 26.2 Å². The molecule has 0 aromatic heterocycles. The Balaban J connectivity index is 2.58. The smallest absolute Gasteiger partial charge is 0.0971 e. The summed E-state index contributed by atoms with van der Waals surface area (Å²) in [5.41, 5.74) is 0.564. The van der Waals surface area contributed by atoms with Gasteiger partial charge in [-0.1, -0.05) is 6.58 Å². The molecular formula is C9H18N+. The van der Waals surface area contributed by atoms with Gasteiger partial charge in [-0.05, 0) is 13.0 Å². The first kappa shape index (κ1) is 7.80. The van der Waals surface area contributed by atoms with Gasteiger partial charge in [0.15, 0.2) is 0 Å². The molecule has 0 saturated heterocycles. The third kappa shape index (κ3) is 1.10. The first-order valence-electron chi connectivity index (χ1n) is 3.96. The molecule has 0 heterocycles. The van der Waals surface area contributed by atoms with Crippen LogP contribution in [-0.4, -0.2) is 30.7 Å². The van der Waals surface area contributed by atoms with Gasteiger partial charge in [0.2, 0.25) is 0 Å². The molecule has 0 amide bonds. The molecule has 58 valence electrons. The van der Waals surface area contributed by atoms with E-state index in [1.807, 2.05) is 6.08 Å². The number of likely N-dealkylation sites (N-methyl/N-ethyl adjacent to an activating group) is 1. The second-order valence-electron chi connectivity index (χ2n) is 4.15. The molecule has 0 aliphatic heterocycles. The monoisotopic (exact) mass is 140 g/mol. The van der Waals surface area contributed by atoms with Crippen LogP contribution in [0.1, 0.15) is 19.8 Å². The lowest BCUT2D eigenvalue weighted by Gasteiger charge is -2.35. The van der Waals surface area contributed by atoms with Gasteiger partial charge in [-0.3, -0.25) is 0 Å². The highest BCUT2D eigenvalue weighted by molar-refractivity contribution is 4.92. The predicted octanol–water partition coefficient (Wildman–Crippen LogP) is 1.80. The molecule has 0 spiro atoms. The average Bonchev–Trinajstić information content (AvgIpc) is 2.49. The summed E-state index contributed by atoms with van der Waals surface area (Å²) in [6, 6.07) is 0. The number of quaternary nitrogens is 1. The molecule has 0 aromatic rings. The molecule has 0 unspecified atom stereocenters. The van der Waals surface area contributed by atoms with Crippen molar-refractivity contribution in [1.29, 1.82) is 0 Å². The Morgan fingerprint density at radius 3 is 2.30 bits per heavy atom. The number of rotatable bonds is 3. The fourth-order valence-corrected chi connectivity index (χ4v) is 1.33. The van der Waals surface area contributed by atoms with Crippen molar-refractivity contribution in [3.05, 3.63) is 12.7 Å². The summed E-state index contributed by atoms with van der Waals surface area (Å²) in [7, 11) is 4.57. The van der Waals surface area contributed by atoms with E-state index in [1.54, 1.807) is 0 Å². The molecule has 0 aromatic carbocycles. The fraction of sp³-hybridized carbons (Fsp3) is 0.778. The third-order valence-electron chi connectivity index (χ3n) is 3.02. The fourth-order valence-electron chi connectivity index (χ4n) is 1.33. The maximum Gasteiger partial charge on any atom is 0.0971 e. The molecule has 1 saturated carbocycles. The molecular weight excluding hydrogens is 122 g/mol. The van der Waals surface area contributed by atoms with Crippen LogP contribution in [-0.2, 0) is 0 Å². The van der Waals surface area contributed by atoms with Gasteiger partial charge in [-0.2, -0.15) is 0 Å². The zero-order valence-electron chi connectivity index (χ0n) is 7.35. The summed E-state index contributed by atoms with van der Waals surface area (Å²) in [6.45, 7) is 7.22. The van der Waals surface area contributed by atoms with Crippen molar-refractivity contribution < 1.29 is 4.48 Å². The van der Waals surface area contributed by atoms with Crippen molar-refractivity contribution in [2.45, 2.75) is 25.3 Å². The quantitative estimate of drug-likeness (QED) is 0.414. The first-order chi connectivity index (χ1) is 4.52. The number of hydrogen-bond donors (Lipinski definition) is 0. The van der Waals surface area contributed by atoms with E-state index in [9.17, 15) is 0 Å².